The van der Waals surface area contributed by atoms with Crippen LogP contribution in [0.15, 0.2) is 66.1 Å². The first-order valence-corrected chi connectivity index (χ1v) is 13.9. The van der Waals surface area contributed by atoms with E-state index in [1.807, 2.05) is 23.1 Å². The molecule has 0 N–H and O–H groups in total. The minimum absolute atomic E-state index is 0.244. The van der Waals surface area contributed by atoms with Crippen molar-refractivity contribution in [2.45, 2.75) is 51.0 Å². The highest BCUT2D eigenvalue weighted by molar-refractivity contribution is 7.90. The number of benzene rings is 1. The molecule has 1 saturated heterocycles. The molecule has 1 aromatic carbocycles. The van der Waals surface area contributed by atoms with Gasteiger partial charge in [-0.25, -0.2) is 17.4 Å². The highest BCUT2D eigenvalue weighted by atomic mass is 32.2. The van der Waals surface area contributed by atoms with Crippen molar-refractivity contribution in [1.82, 2.24) is 23.6 Å². The van der Waals surface area contributed by atoms with Crippen LogP contribution in [0.25, 0.3) is 22.2 Å². The molecule has 0 bridgehead atoms. The maximum Gasteiger partial charge on any atom is 0.269 e. The van der Waals surface area contributed by atoms with Crippen molar-refractivity contribution in [3.63, 3.8) is 0 Å². The fraction of sp³-hybridized carbons (Fsp3) is 0.407. The molecule has 4 heterocycles. The van der Waals surface area contributed by atoms with Crippen LogP contribution in [0, 0.1) is 5.92 Å². The van der Waals surface area contributed by atoms with E-state index in [4.69, 9.17) is 0 Å². The Morgan fingerprint density at radius 1 is 0.971 bits per heavy atom. The van der Waals surface area contributed by atoms with Crippen molar-refractivity contribution >= 4 is 21.1 Å². The van der Waals surface area contributed by atoms with E-state index in [1.165, 1.54) is 23.2 Å². The molecular weight excluding hydrogens is 458 g/mol. The molecule has 0 aliphatic carbocycles. The number of fused-ring (bicyclic) bond motifs is 1. The highest BCUT2D eigenvalue weighted by Crippen LogP contribution is 2.33. The smallest absolute Gasteiger partial charge is 0.269 e. The summed E-state index contributed by atoms with van der Waals surface area (Å²) >= 11 is 0. The van der Waals surface area contributed by atoms with Crippen molar-refractivity contribution < 1.29 is 8.42 Å². The number of aromatic nitrogens is 4. The molecule has 0 spiro atoms. The molecule has 0 saturated carbocycles. The summed E-state index contributed by atoms with van der Waals surface area (Å²) in [6, 6.07) is 10.6. The highest BCUT2D eigenvalue weighted by Gasteiger charge is 2.23. The lowest BCUT2D eigenvalue weighted by molar-refractivity contribution is 0.218. The van der Waals surface area contributed by atoms with Gasteiger partial charge < -0.3 is 4.90 Å². The number of hydrogen-bond acceptors (Lipinski definition) is 5. The van der Waals surface area contributed by atoms with Gasteiger partial charge in [-0.05, 0) is 62.0 Å². The van der Waals surface area contributed by atoms with Crippen LogP contribution in [0.1, 0.15) is 38.7 Å². The third-order valence-corrected chi connectivity index (χ3v) is 8.31. The minimum atomic E-state index is -3.79. The Bertz CT molecular complexity index is 1400. The molecule has 8 heteroatoms. The third kappa shape index (κ3) is 5.04. The summed E-state index contributed by atoms with van der Waals surface area (Å²) in [5.74, 6) is 0.477. The van der Waals surface area contributed by atoms with E-state index in [1.54, 1.807) is 36.7 Å². The number of pyridine rings is 1. The molecule has 1 aliphatic heterocycles. The van der Waals surface area contributed by atoms with Gasteiger partial charge in [-0.3, -0.25) is 4.68 Å². The van der Waals surface area contributed by atoms with Gasteiger partial charge in [-0.2, -0.15) is 5.10 Å². The number of hydrogen-bond donors (Lipinski definition) is 0. The quantitative estimate of drug-likeness (QED) is 0.353. The number of rotatable bonds is 8. The number of nitrogens with zero attached hydrogens (tertiary/aromatic N) is 5. The summed E-state index contributed by atoms with van der Waals surface area (Å²) in [4.78, 5) is 7.36. The van der Waals surface area contributed by atoms with Crippen LogP contribution in [-0.4, -0.2) is 51.7 Å². The van der Waals surface area contributed by atoms with Gasteiger partial charge in [-0.15, -0.1) is 0 Å². The van der Waals surface area contributed by atoms with Crippen molar-refractivity contribution in [2.75, 3.05) is 19.6 Å². The van der Waals surface area contributed by atoms with Crippen LogP contribution >= 0.6 is 0 Å². The molecule has 4 aromatic rings. The Kier molecular flexibility index (Phi) is 6.75. The fourth-order valence-corrected chi connectivity index (χ4v) is 6.22. The lowest BCUT2D eigenvalue weighted by Gasteiger charge is -2.26. The molecule has 1 fully saturated rings. The topological polar surface area (TPSA) is 73.0 Å². The van der Waals surface area contributed by atoms with E-state index in [-0.39, 0.29) is 4.90 Å². The number of piperidine rings is 1. The van der Waals surface area contributed by atoms with Crippen molar-refractivity contribution in [2.24, 2.45) is 5.92 Å². The summed E-state index contributed by atoms with van der Waals surface area (Å²) in [6.45, 7) is 8.45. The van der Waals surface area contributed by atoms with Crippen LogP contribution in [-0.2, 0) is 23.0 Å². The first-order valence-electron chi connectivity index (χ1n) is 12.5. The predicted molar refractivity (Wildman–Crippen MR) is 139 cm³/mol. The molecule has 7 nitrogen and oxygen atoms in total. The largest absolute Gasteiger partial charge is 0.301 e. The average molecular weight is 492 g/mol. The second-order valence-electron chi connectivity index (χ2n) is 9.86. The van der Waals surface area contributed by atoms with Gasteiger partial charge in [0.05, 0.1) is 17.6 Å². The standard InChI is InChI=1S/C27H33N5O2S/c1-21(2)15-22-16-25-26(23-18-29-31(19-23)14-13-30-11-7-4-8-12-30)20-32(27(25)28-17-22)35(33,34)24-9-5-3-6-10-24/h3,5-6,9-10,16-21H,4,7-8,11-15H2,1-2H3. The van der Waals surface area contributed by atoms with Gasteiger partial charge in [0, 0.05) is 41.6 Å². The molecule has 0 amide bonds. The van der Waals surface area contributed by atoms with Crippen molar-refractivity contribution in [3.05, 3.63) is 66.7 Å². The fourth-order valence-electron chi connectivity index (χ4n) is 4.88. The van der Waals surface area contributed by atoms with E-state index in [0.29, 0.717) is 11.6 Å². The Balaban J connectivity index is 1.53. The maximum atomic E-state index is 13.5. The third-order valence-electron chi connectivity index (χ3n) is 6.65. The lowest BCUT2D eigenvalue weighted by Crippen LogP contribution is -2.32. The monoisotopic (exact) mass is 491 g/mol. The van der Waals surface area contributed by atoms with Gasteiger partial charge in [0.2, 0.25) is 0 Å². The predicted octanol–water partition coefficient (Wildman–Crippen LogP) is 4.82. The second kappa shape index (κ2) is 9.95. The van der Waals surface area contributed by atoms with Crippen LogP contribution in [0.5, 0.6) is 0 Å². The molecule has 3 aromatic heterocycles. The Labute approximate surface area is 207 Å². The lowest BCUT2D eigenvalue weighted by atomic mass is 10.0. The van der Waals surface area contributed by atoms with Crippen LogP contribution < -0.4 is 0 Å². The Morgan fingerprint density at radius 2 is 1.74 bits per heavy atom. The van der Waals surface area contributed by atoms with Crippen LogP contribution in [0.2, 0.25) is 0 Å². The van der Waals surface area contributed by atoms with Gasteiger partial charge in [0.15, 0.2) is 5.65 Å². The summed E-state index contributed by atoms with van der Waals surface area (Å²) in [6.07, 6.45) is 12.1. The van der Waals surface area contributed by atoms with E-state index >= 15 is 0 Å². The van der Waals surface area contributed by atoms with E-state index < -0.39 is 10.0 Å². The van der Waals surface area contributed by atoms with Crippen LogP contribution in [0.3, 0.4) is 0 Å². The zero-order valence-corrected chi connectivity index (χ0v) is 21.3. The van der Waals surface area contributed by atoms with E-state index in [2.05, 4.69) is 34.9 Å². The van der Waals surface area contributed by atoms with Gasteiger partial charge in [-0.1, -0.05) is 38.5 Å². The molecule has 5 rings (SSSR count). The average Bonchev–Trinajstić information content (AvgIpc) is 3.48. The Morgan fingerprint density at radius 3 is 2.49 bits per heavy atom. The normalized spacial score (nSPS) is 15.3. The molecule has 0 unspecified atom stereocenters. The molecule has 35 heavy (non-hydrogen) atoms. The van der Waals surface area contributed by atoms with E-state index in [0.717, 1.165) is 54.7 Å². The molecular formula is C27H33N5O2S. The summed E-state index contributed by atoms with van der Waals surface area (Å²) in [7, 11) is -3.79. The zero-order valence-electron chi connectivity index (χ0n) is 20.5. The van der Waals surface area contributed by atoms with E-state index in [9.17, 15) is 8.42 Å². The number of likely N-dealkylation sites (tertiary alicyclic amines) is 1. The summed E-state index contributed by atoms with van der Waals surface area (Å²) < 4.78 is 30.3. The van der Waals surface area contributed by atoms with Crippen molar-refractivity contribution in [1.29, 1.82) is 0 Å². The second-order valence-corrected chi connectivity index (χ2v) is 11.7. The van der Waals surface area contributed by atoms with Gasteiger partial charge >= 0.3 is 0 Å². The van der Waals surface area contributed by atoms with Crippen molar-refractivity contribution in [3.8, 4) is 11.1 Å². The molecule has 0 radical (unpaired) electrons. The van der Waals surface area contributed by atoms with Gasteiger partial charge in [0.25, 0.3) is 10.0 Å². The summed E-state index contributed by atoms with van der Waals surface area (Å²) in [5, 5.41) is 5.43. The zero-order chi connectivity index (χ0) is 24.4. The first-order chi connectivity index (χ1) is 16.9. The Hall–Kier alpha value is -2.97. The maximum absolute atomic E-state index is 13.5. The summed E-state index contributed by atoms with van der Waals surface area (Å²) in [5.41, 5.74) is 3.28. The minimum Gasteiger partial charge on any atom is -0.301 e. The molecule has 184 valence electrons. The molecule has 0 atom stereocenters. The van der Waals surface area contributed by atoms with Gasteiger partial charge in [0.1, 0.15) is 0 Å². The SMILES string of the molecule is CC(C)Cc1cnc2c(c1)c(-c1cnn(CCN3CCCCC3)c1)cn2S(=O)(=O)c1ccccc1. The first kappa shape index (κ1) is 23.8. The van der Waals surface area contributed by atoms with Crippen LogP contribution in [0.4, 0.5) is 0 Å². The molecule has 1 aliphatic rings.